The van der Waals surface area contributed by atoms with E-state index in [1.54, 1.807) is 0 Å². The van der Waals surface area contributed by atoms with Crippen LogP contribution in [0.25, 0.3) is 0 Å². The highest BCUT2D eigenvalue weighted by Gasteiger charge is 2.62. The first-order chi connectivity index (χ1) is 12.7. The number of aryl methyl sites for hydroxylation is 1. The number of halogens is 8. The van der Waals surface area contributed by atoms with E-state index >= 15 is 8.78 Å². The Morgan fingerprint density at radius 2 is 1.82 bits per heavy atom. The molecule has 1 aliphatic heterocycles. The highest BCUT2D eigenvalue weighted by molar-refractivity contribution is 8.38. The van der Waals surface area contributed by atoms with Gasteiger partial charge in [-0.1, -0.05) is 15.7 Å². The van der Waals surface area contributed by atoms with Crippen molar-refractivity contribution in [3.8, 4) is 5.88 Å². The first-order valence-electron chi connectivity index (χ1n) is 7.14. The molecular formula is C12H13F8N3O4S. The molecule has 16 heteroatoms. The Morgan fingerprint density at radius 3 is 2.21 bits per heavy atom. The molecule has 1 aromatic rings. The van der Waals surface area contributed by atoms with Gasteiger partial charge in [0.15, 0.2) is 18.0 Å². The maximum Gasteiger partial charge on any atom is 0.435 e. The van der Waals surface area contributed by atoms with Crippen LogP contribution in [0.4, 0.5) is 35.1 Å². The highest BCUT2D eigenvalue weighted by atomic mass is 32.3. The summed E-state index contributed by atoms with van der Waals surface area (Å²) in [6.07, 6.45) is -9.48. The van der Waals surface area contributed by atoms with Crippen molar-refractivity contribution >= 4 is 15.6 Å². The summed E-state index contributed by atoms with van der Waals surface area (Å²) >= 11 is 0. The van der Waals surface area contributed by atoms with Crippen LogP contribution in [0.5, 0.6) is 5.88 Å². The molecule has 0 spiro atoms. The van der Waals surface area contributed by atoms with Crippen LogP contribution in [0.15, 0.2) is 5.16 Å². The summed E-state index contributed by atoms with van der Waals surface area (Å²) in [5.41, 5.74) is -4.59. The van der Waals surface area contributed by atoms with Crippen molar-refractivity contribution < 1.29 is 53.4 Å². The quantitative estimate of drug-likeness (QED) is 0.691. The Kier molecular flexibility index (Phi) is 5.79. The molecule has 0 fully saturated rings. The maximum atomic E-state index is 15.2. The molecule has 1 aromatic heterocycles. The summed E-state index contributed by atoms with van der Waals surface area (Å²) in [4.78, 5) is 4.42. The molecule has 162 valence electrons. The van der Waals surface area contributed by atoms with Crippen LogP contribution in [0.1, 0.15) is 18.2 Å². The zero-order valence-electron chi connectivity index (χ0n) is 14.2. The minimum atomic E-state index is -5.56. The van der Waals surface area contributed by atoms with E-state index in [0.29, 0.717) is 14.2 Å². The van der Waals surface area contributed by atoms with Crippen LogP contribution in [0.3, 0.4) is 0 Å². The van der Waals surface area contributed by atoms with E-state index in [2.05, 4.69) is 24.0 Å². The van der Waals surface area contributed by atoms with Gasteiger partial charge >= 0.3 is 18.0 Å². The molecule has 0 amide bonds. The van der Waals surface area contributed by atoms with Gasteiger partial charge in [0.1, 0.15) is 5.56 Å². The molecule has 3 unspecified atom stereocenters. The zero-order chi connectivity index (χ0) is 21.7. The smallest absolute Gasteiger partial charge is 0.417 e. The third-order valence-electron chi connectivity index (χ3n) is 3.58. The molecule has 0 saturated heterocycles. The van der Waals surface area contributed by atoms with Crippen molar-refractivity contribution in [2.45, 2.75) is 37.2 Å². The number of aromatic nitrogens is 2. The average molecular weight is 447 g/mol. The Morgan fingerprint density at radius 1 is 1.25 bits per heavy atom. The van der Waals surface area contributed by atoms with Crippen LogP contribution in [-0.4, -0.2) is 45.4 Å². The van der Waals surface area contributed by atoms with Gasteiger partial charge in [-0.05, 0) is 6.92 Å². The lowest BCUT2D eigenvalue weighted by Gasteiger charge is -2.42. The van der Waals surface area contributed by atoms with Gasteiger partial charge in [-0.2, -0.15) is 35.8 Å². The standard InChI is InChI=1S/C12H13F8N3O4S/c1-4-6(13)8(22-27-4)28(24,25-3)12(19,20)5-7(11(16,17)18)21-23(2)9(5)26-10(14)15/h4,6,10,24H,1-3H3. The van der Waals surface area contributed by atoms with Crippen LogP contribution < -0.4 is 4.74 Å². The first-order valence-corrected chi connectivity index (χ1v) is 8.66. The number of hydrogen-bond acceptors (Lipinski definition) is 6. The van der Waals surface area contributed by atoms with Crippen LogP contribution in [0, 0.1) is 0 Å². The Bertz CT molecular complexity index is 771. The van der Waals surface area contributed by atoms with Crippen LogP contribution in [-0.2, 0) is 27.5 Å². The topological polar surface area (TPSA) is 78.1 Å². The molecule has 0 saturated carbocycles. The minimum absolute atomic E-state index is 0.0176. The number of alkyl halides is 8. The van der Waals surface area contributed by atoms with E-state index in [1.165, 1.54) is 0 Å². The molecule has 28 heavy (non-hydrogen) atoms. The number of oxime groups is 1. The minimum Gasteiger partial charge on any atom is -0.417 e. The monoisotopic (exact) mass is 447 g/mol. The highest BCUT2D eigenvalue weighted by Crippen LogP contribution is 2.68. The second kappa shape index (κ2) is 7.22. The van der Waals surface area contributed by atoms with E-state index in [1.807, 2.05) is 0 Å². The SMILES string of the molecule is COS(O)(C1=NOC(C)C1F)C(F)(F)c1c(C(F)(F)F)nn(C)c1OC(F)F. The van der Waals surface area contributed by atoms with Crippen molar-refractivity contribution in [3.63, 3.8) is 0 Å². The molecule has 2 heterocycles. The number of nitrogens with zero attached hydrogens (tertiary/aromatic N) is 3. The van der Waals surface area contributed by atoms with Crippen LogP contribution in [0.2, 0.25) is 0 Å². The molecule has 0 bridgehead atoms. The fourth-order valence-electron chi connectivity index (χ4n) is 2.29. The molecule has 1 N–H and O–H groups in total. The third-order valence-corrected chi connectivity index (χ3v) is 5.83. The Labute approximate surface area is 153 Å². The normalized spacial score (nSPS) is 24.0. The molecule has 1 aliphatic rings. The number of ether oxygens (including phenoxy) is 1. The van der Waals surface area contributed by atoms with Gasteiger partial charge in [0.2, 0.25) is 10.9 Å². The summed E-state index contributed by atoms with van der Waals surface area (Å²) in [5, 5.41) is -0.840. The molecule has 0 radical (unpaired) electrons. The van der Waals surface area contributed by atoms with Crippen molar-refractivity contribution in [2.24, 2.45) is 12.2 Å². The van der Waals surface area contributed by atoms with Crippen molar-refractivity contribution in [1.29, 1.82) is 0 Å². The molecule has 3 atom stereocenters. The molecule has 7 nitrogen and oxygen atoms in total. The molecular weight excluding hydrogens is 434 g/mol. The second-order valence-electron chi connectivity index (χ2n) is 5.38. The fourth-order valence-corrected chi connectivity index (χ4v) is 4.04. The Balaban J connectivity index is 2.75. The summed E-state index contributed by atoms with van der Waals surface area (Å²) in [5.74, 6) is -1.70. The van der Waals surface area contributed by atoms with Gasteiger partial charge in [-0.15, -0.1) is 0 Å². The lowest BCUT2D eigenvalue weighted by Crippen LogP contribution is -2.37. The largest absolute Gasteiger partial charge is 0.435 e. The van der Waals surface area contributed by atoms with Crippen molar-refractivity contribution in [2.75, 3.05) is 7.11 Å². The molecule has 0 aromatic carbocycles. The van der Waals surface area contributed by atoms with E-state index in [0.717, 1.165) is 6.92 Å². The summed E-state index contributed by atoms with van der Waals surface area (Å²) < 4.78 is 128. The van der Waals surface area contributed by atoms with E-state index in [9.17, 15) is 30.9 Å². The predicted octanol–water partition coefficient (Wildman–Crippen LogP) is 4.00. The van der Waals surface area contributed by atoms with Gasteiger partial charge in [-0.3, -0.25) is 8.74 Å². The van der Waals surface area contributed by atoms with E-state index < -0.39 is 63.1 Å². The predicted molar refractivity (Wildman–Crippen MR) is 78.8 cm³/mol. The fraction of sp³-hybridized carbons (Fsp3) is 0.667. The summed E-state index contributed by atoms with van der Waals surface area (Å²) in [7, 11) is -4.17. The lowest BCUT2D eigenvalue weighted by atomic mass is 10.2. The Hall–Kier alpha value is -1.81. The van der Waals surface area contributed by atoms with Gasteiger partial charge in [-0.25, -0.2) is 9.07 Å². The van der Waals surface area contributed by atoms with Gasteiger partial charge < -0.3 is 9.57 Å². The third kappa shape index (κ3) is 3.47. The van der Waals surface area contributed by atoms with Crippen molar-refractivity contribution in [3.05, 3.63) is 11.3 Å². The molecule has 0 aliphatic carbocycles. The number of hydrogen-bond donors (Lipinski definition) is 1. The maximum absolute atomic E-state index is 15.2. The van der Waals surface area contributed by atoms with Gasteiger partial charge in [0.05, 0.1) is 7.11 Å². The van der Waals surface area contributed by atoms with Gasteiger partial charge in [0.25, 0.3) is 0 Å². The first kappa shape index (κ1) is 22.5. The van der Waals surface area contributed by atoms with Crippen LogP contribution >= 0.6 is 10.6 Å². The summed E-state index contributed by atoms with van der Waals surface area (Å²) in [6, 6.07) is 0. The van der Waals surface area contributed by atoms with Gasteiger partial charge in [0, 0.05) is 7.05 Å². The van der Waals surface area contributed by atoms with E-state index in [-0.39, 0.29) is 4.68 Å². The van der Waals surface area contributed by atoms with Crippen molar-refractivity contribution in [1.82, 2.24) is 9.78 Å². The molecule has 2 rings (SSSR count). The van der Waals surface area contributed by atoms with E-state index in [4.69, 9.17) is 0 Å². The average Bonchev–Trinajstić information content (AvgIpc) is 3.07. The summed E-state index contributed by atoms with van der Waals surface area (Å²) in [6.45, 7) is -2.76. The zero-order valence-corrected chi connectivity index (χ0v) is 15.0. The second-order valence-corrected chi connectivity index (χ2v) is 7.70. The number of rotatable bonds is 5. The lowest BCUT2D eigenvalue weighted by molar-refractivity contribution is -0.144.